The van der Waals surface area contributed by atoms with Crippen LogP contribution in [0.1, 0.15) is 37.8 Å². The highest BCUT2D eigenvalue weighted by atomic mass is 16.5. The molecule has 0 aliphatic heterocycles. The lowest BCUT2D eigenvalue weighted by molar-refractivity contribution is 0.0694. The Morgan fingerprint density at radius 2 is 1.71 bits per heavy atom. The van der Waals surface area contributed by atoms with Crippen molar-refractivity contribution in [1.29, 1.82) is 0 Å². The van der Waals surface area contributed by atoms with Gasteiger partial charge in [-0.05, 0) is 37.6 Å². The lowest BCUT2D eigenvalue weighted by Gasteiger charge is -2.12. The summed E-state index contributed by atoms with van der Waals surface area (Å²) in [6.07, 6.45) is 0. The van der Waals surface area contributed by atoms with E-state index in [0.29, 0.717) is 28.6 Å². The van der Waals surface area contributed by atoms with Crippen LogP contribution in [0, 0.1) is 13.8 Å². The van der Waals surface area contributed by atoms with Gasteiger partial charge in [0, 0.05) is 5.56 Å². The molecule has 0 aliphatic carbocycles. The Hall–Kier alpha value is -2.96. The molecule has 0 fully saturated rings. The number of hydrogen-bond donors (Lipinski definition) is 2. The number of furan rings is 1. The van der Waals surface area contributed by atoms with Gasteiger partial charge in [0.1, 0.15) is 17.1 Å². The third kappa shape index (κ3) is 3.51. The van der Waals surface area contributed by atoms with E-state index in [9.17, 15) is 9.59 Å². The maximum Gasteiger partial charge on any atom is 0.339 e. The van der Waals surface area contributed by atoms with Gasteiger partial charge in [0.15, 0.2) is 11.5 Å². The molecule has 7 heteroatoms. The number of rotatable bonds is 6. The molecule has 0 aliphatic rings. The van der Waals surface area contributed by atoms with Gasteiger partial charge in [-0.15, -0.1) is 0 Å². The number of aryl methyl sites for hydroxylation is 2. The van der Waals surface area contributed by atoms with E-state index < -0.39 is 5.97 Å². The van der Waals surface area contributed by atoms with E-state index in [1.807, 2.05) is 0 Å². The zero-order valence-corrected chi connectivity index (χ0v) is 13.9. The molecule has 1 heterocycles. The van der Waals surface area contributed by atoms with Gasteiger partial charge in [-0.2, -0.15) is 0 Å². The lowest BCUT2D eigenvalue weighted by atomic mass is 10.1. The molecule has 128 valence electrons. The third-order valence-corrected chi connectivity index (χ3v) is 3.60. The van der Waals surface area contributed by atoms with Gasteiger partial charge in [-0.3, -0.25) is 4.79 Å². The monoisotopic (exact) mass is 333 g/mol. The molecule has 1 aromatic carbocycles. The largest absolute Gasteiger partial charge is 0.493 e. The molecule has 1 amide bonds. The number of amides is 1. The molecule has 0 radical (unpaired) electrons. The number of benzene rings is 1. The number of hydrogen-bond acceptors (Lipinski definition) is 5. The van der Waals surface area contributed by atoms with Crippen LogP contribution >= 0.6 is 0 Å². The van der Waals surface area contributed by atoms with Gasteiger partial charge < -0.3 is 24.3 Å². The first-order chi connectivity index (χ1) is 11.4. The number of carbonyl (C=O) groups excluding carboxylic acids is 1. The van der Waals surface area contributed by atoms with E-state index in [-0.39, 0.29) is 18.0 Å². The van der Waals surface area contributed by atoms with Gasteiger partial charge >= 0.3 is 5.97 Å². The van der Waals surface area contributed by atoms with Gasteiger partial charge in [0.2, 0.25) is 0 Å². The van der Waals surface area contributed by atoms with Crippen LogP contribution in [0.25, 0.3) is 0 Å². The molecule has 7 nitrogen and oxygen atoms in total. The van der Waals surface area contributed by atoms with Crippen molar-refractivity contribution in [3.05, 3.63) is 46.4 Å². The van der Waals surface area contributed by atoms with Crippen LogP contribution in [0.2, 0.25) is 0 Å². The Morgan fingerprint density at radius 3 is 2.25 bits per heavy atom. The van der Waals surface area contributed by atoms with Crippen molar-refractivity contribution >= 4 is 11.9 Å². The number of methoxy groups -OCH3 is 2. The molecule has 1 aromatic heterocycles. The number of carboxylic acids is 1. The van der Waals surface area contributed by atoms with Crippen LogP contribution < -0.4 is 14.8 Å². The van der Waals surface area contributed by atoms with Gasteiger partial charge in [-0.25, -0.2) is 4.79 Å². The van der Waals surface area contributed by atoms with Crippen molar-refractivity contribution < 1.29 is 28.6 Å². The van der Waals surface area contributed by atoms with Gasteiger partial charge in [0.05, 0.1) is 20.8 Å². The molecule has 24 heavy (non-hydrogen) atoms. The van der Waals surface area contributed by atoms with Crippen LogP contribution in [0.3, 0.4) is 0 Å². The van der Waals surface area contributed by atoms with Gasteiger partial charge in [-0.1, -0.05) is 0 Å². The molecular weight excluding hydrogens is 314 g/mol. The van der Waals surface area contributed by atoms with E-state index in [0.717, 1.165) is 5.56 Å². The zero-order valence-electron chi connectivity index (χ0n) is 13.9. The molecule has 0 atom stereocenters. The Morgan fingerprint density at radius 1 is 1.08 bits per heavy atom. The number of ether oxygens (including phenoxy) is 2. The second-order valence-corrected chi connectivity index (χ2v) is 5.19. The normalized spacial score (nSPS) is 10.3. The molecule has 0 spiro atoms. The highest BCUT2D eigenvalue weighted by Gasteiger charge is 2.17. The van der Waals surface area contributed by atoms with E-state index in [2.05, 4.69) is 5.32 Å². The number of nitrogens with one attached hydrogen (secondary N) is 1. The number of carboxylic acid groups (broad SMARTS) is 1. The van der Waals surface area contributed by atoms with Crippen molar-refractivity contribution in [3.8, 4) is 11.5 Å². The van der Waals surface area contributed by atoms with Crippen molar-refractivity contribution in [2.24, 2.45) is 0 Å². The Kier molecular flexibility index (Phi) is 5.13. The Balaban J connectivity index is 2.15. The summed E-state index contributed by atoms with van der Waals surface area (Å²) in [6, 6.07) is 4.71. The predicted octanol–water partition coefficient (Wildman–Crippen LogP) is 2.54. The van der Waals surface area contributed by atoms with Crippen LogP contribution in [-0.2, 0) is 6.54 Å². The first-order valence-corrected chi connectivity index (χ1v) is 7.20. The highest BCUT2D eigenvalue weighted by Crippen LogP contribution is 2.30. The van der Waals surface area contributed by atoms with Crippen LogP contribution in [0.15, 0.2) is 22.6 Å². The van der Waals surface area contributed by atoms with Crippen LogP contribution in [0.5, 0.6) is 11.5 Å². The summed E-state index contributed by atoms with van der Waals surface area (Å²) in [4.78, 5) is 23.4. The summed E-state index contributed by atoms with van der Waals surface area (Å²) in [5, 5.41) is 11.7. The standard InChI is InChI=1S/C17H19NO6/c1-9-5-14(22-3)15(23-4)7-12(9)16(19)18-8-11-6-13(17(20)21)10(2)24-11/h5-7H,8H2,1-4H3,(H,18,19)(H,20,21). The van der Waals surface area contributed by atoms with E-state index in [4.69, 9.17) is 19.0 Å². The van der Waals surface area contributed by atoms with Gasteiger partial charge in [0.25, 0.3) is 5.91 Å². The van der Waals surface area contributed by atoms with E-state index in [1.165, 1.54) is 20.3 Å². The summed E-state index contributed by atoms with van der Waals surface area (Å²) in [7, 11) is 3.02. The molecule has 0 bridgehead atoms. The van der Waals surface area contributed by atoms with Crippen molar-refractivity contribution in [2.45, 2.75) is 20.4 Å². The molecule has 0 saturated heterocycles. The molecule has 2 rings (SSSR count). The van der Waals surface area contributed by atoms with Crippen molar-refractivity contribution in [2.75, 3.05) is 14.2 Å². The maximum atomic E-state index is 12.4. The lowest BCUT2D eigenvalue weighted by Crippen LogP contribution is -2.23. The summed E-state index contributed by atoms with van der Waals surface area (Å²) < 4.78 is 15.7. The van der Waals surface area contributed by atoms with Crippen molar-refractivity contribution in [3.63, 3.8) is 0 Å². The quantitative estimate of drug-likeness (QED) is 0.843. The van der Waals surface area contributed by atoms with E-state index in [1.54, 1.807) is 26.0 Å². The zero-order chi connectivity index (χ0) is 17.9. The summed E-state index contributed by atoms with van der Waals surface area (Å²) in [5.74, 6) is 0.281. The maximum absolute atomic E-state index is 12.4. The average Bonchev–Trinajstić information content (AvgIpc) is 2.93. The molecule has 0 unspecified atom stereocenters. The molecule has 2 aromatic rings. The smallest absolute Gasteiger partial charge is 0.339 e. The fourth-order valence-corrected chi connectivity index (χ4v) is 2.33. The van der Waals surface area contributed by atoms with Crippen LogP contribution in [-0.4, -0.2) is 31.2 Å². The highest BCUT2D eigenvalue weighted by molar-refractivity contribution is 5.96. The third-order valence-electron chi connectivity index (χ3n) is 3.60. The minimum Gasteiger partial charge on any atom is -0.493 e. The molecular formula is C17H19NO6. The fraction of sp³-hybridized carbons (Fsp3) is 0.294. The minimum atomic E-state index is -1.07. The number of carbonyl (C=O) groups is 2. The minimum absolute atomic E-state index is 0.0841. The van der Waals surface area contributed by atoms with Crippen LogP contribution in [0.4, 0.5) is 0 Å². The second kappa shape index (κ2) is 7.08. The average molecular weight is 333 g/mol. The molecule has 0 saturated carbocycles. The summed E-state index contributed by atoms with van der Waals surface area (Å²) in [6.45, 7) is 3.43. The first kappa shape index (κ1) is 17.4. The predicted molar refractivity (Wildman–Crippen MR) is 85.9 cm³/mol. The Labute approximate surface area is 139 Å². The first-order valence-electron chi connectivity index (χ1n) is 7.20. The van der Waals surface area contributed by atoms with Crippen molar-refractivity contribution in [1.82, 2.24) is 5.32 Å². The SMILES string of the molecule is COc1cc(C)c(C(=O)NCc2cc(C(=O)O)c(C)o2)cc1OC. The summed E-state index contributed by atoms with van der Waals surface area (Å²) in [5.41, 5.74) is 1.25. The fourth-order valence-electron chi connectivity index (χ4n) is 2.33. The Bertz CT molecular complexity index is 778. The number of aromatic carboxylic acids is 1. The second-order valence-electron chi connectivity index (χ2n) is 5.19. The van der Waals surface area contributed by atoms with E-state index >= 15 is 0 Å². The summed E-state index contributed by atoms with van der Waals surface area (Å²) >= 11 is 0. The topological polar surface area (TPSA) is 98.0 Å². The molecule has 2 N–H and O–H groups in total.